The van der Waals surface area contributed by atoms with Gasteiger partial charge in [0.05, 0.1) is 0 Å². The van der Waals surface area contributed by atoms with E-state index in [2.05, 4.69) is 10.6 Å². The number of hydrogen-bond donors (Lipinski definition) is 3. The maximum absolute atomic E-state index is 11.7. The van der Waals surface area contributed by atoms with Crippen LogP contribution in [0.1, 0.15) is 29.3 Å². The first kappa shape index (κ1) is 17.4. The maximum atomic E-state index is 11.7. The summed E-state index contributed by atoms with van der Waals surface area (Å²) in [6, 6.07) is 7.14. The number of amides is 2. The summed E-state index contributed by atoms with van der Waals surface area (Å²) in [6.07, 6.45) is 0.770. The van der Waals surface area contributed by atoms with Crippen molar-refractivity contribution in [2.45, 2.75) is 19.9 Å². The Morgan fingerprint density at radius 1 is 1.16 bits per heavy atom. The molecular weight excluding hydrogens is 266 g/mol. The molecule has 1 aromatic carbocycles. The van der Waals surface area contributed by atoms with Crippen molar-refractivity contribution >= 4 is 24.2 Å². The van der Waals surface area contributed by atoms with E-state index in [1.807, 2.05) is 12.1 Å². The van der Waals surface area contributed by atoms with Crippen molar-refractivity contribution in [2.75, 3.05) is 13.1 Å². The van der Waals surface area contributed by atoms with Gasteiger partial charge in [-0.25, -0.2) is 0 Å². The highest BCUT2D eigenvalue weighted by atomic mass is 35.5. The minimum Gasteiger partial charge on any atom is -0.352 e. The molecule has 0 aliphatic heterocycles. The molecule has 5 nitrogen and oxygen atoms in total. The minimum absolute atomic E-state index is 0. The monoisotopic (exact) mass is 285 g/mol. The fraction of sp³-hybridized carbons (Fsp3) is 0.385. The van der Waals surface area contributed by atoms with E-state index in [1.165, 1.54) is 6.92 Å². The van der Waals surface area contributed by atoms with E-state index in [4.69, 9.17) is 5.73 Å². The fourth-order valence-corrected chi connectivity index (χ4v) is 1.41. The van der Waals surface area contributed by atoms with Crippen LogP contribution in [0, 0.1) is 0 Å². The van der Waals surface area contributed by atoms with Crippen molar-refractivity contribution in [1.29, 1.82) is 0 Å². The van der Waals surface area contributed by atoms with Gasteiger partial charge in [-0.15, -0.1) is 12.4 Å². The molecule has 6 heteroatoms. The highest BCUT2D eigenvalue weighted by Gasteiger charge is 2.04. The fourth-order valence-electron chi connectivity index (χ4n) is 1.41. The zero-order chi connectivity index (χ0) is 13.4. The Bertz CT molecular complexity index is 407. The van der Waals surface area contributed by atoms with Gasteiger partial charge in [-0.3, -0.25) is 9.59 Å². The lowest BCUT2D eigenvalue weighted by molar-refractivity contribution is -0.119. The highest BCUT2D eigenvalue weighted by molar-refractivity contribution is 5.94. The quantitative estimate of drug-likeness (QED) is 0.677. The molecule has 0 bridgehead atoms. The van der Waals surface area contributed by atoms with Gasteiger partial charge in [-0.2, -0.15) is 0 Å². The highest BCUT2D eigenvalue weighted by Crippen LogP contribution is 2.04. The Balaban J connectivity index is 0.00000324. The minimum atomic E-state index is -0.102. The maximum Gasteiger partial charge on any atom is 0.251 e. The van der Waals surface area contributed by atoms with Crippen LogP contribution in [-0.4, -0.2) is 24.9 Å². The van der Waals surface area contributed by atoms with Crippen LogP contribution < -0.4 is 16.4 Å². The molecule has 0 saturated heterocycles. The van der Waals surface area contributed by atoms with E-state index in [0.717, 1.165) is 12.0 Å². The molecule has 0 aliphatic rings. The first-order valence-corrected chi connectivity index (χ1v) is 5.95. The third-order valence-electron chi connectivity index (χ3n) is 2.42. The number of carbonyl (C=O) groups excluding carboxylic acids is 2. The number of nitrogens with one attached hydrogen (secondary N) is 2. The SMILES string of the molecule is CC(=O)NCc1ccc(C(=O)NCCCN)cc1.Cl. The zero-order valence-electron chi connectivity index (χ0n) is 10.9. The number of nitrogens with two attached hydrogens (primary N) is 1. The molecular formula is C13H20ClN3O2. The zero-order valence-corrected chi connectivity index (χ0v) is 11.8. The molecule has 0 fully saturated rings. The van der Waals surface area contributed by atoms with Crippen LogP contribution in [0.2, 0.25) is 0 Å². The van der Waals surface area contributed by atoms with Crippen molar-refractivity contribution in [2.24, 2.45) is 5.73 Å². The average Bonchev–Trinajstić information content (AvgIpc) is 2.37. The van der Waals surface area contributed by atoms with Crippen molar-refractivity contribution in [3.05, 3.63) is 35.4 Å². The van der Waals surface area contributed by atoms with Crippen LogP contribution in [0.3, 0.4) is 0 Å². The number of benzene rings is 1. The van der Waals surface area contributed by atoms with Crippen LogP contribution in [0.15, 0.2) is 24.3 Å². The molecule has 4 N–H and O–H groups in total. The summed E-state index contributed by atoms with van der Waals surface area (Å²) in [4.78, 5) is 22.4. The van der Waals surface area contributed by atoms with Gasteiger partial charge in [-0.1, -0.05) is 12.1 Å². The molecule has 1 aromatic rings. The topological polar surface area (TPSA) is 84.2 Å². The van der Waals surface area contributed by atoms with Gasteiger partial charge in [0, 0.05) is 25.6 Å². The lowest BCUT2D eigenvalue weighted by Gasteiger charge is -2.06. The van der Waals surface area contributed by atoms with Gasteiger partial charge in [0.25, 0.3) is 5.91 Å². The molecule has 0 unspecified atom stereocenters. The molecule has 0 saturated carbocycles. The van der Waals surface area contributed by atoms with Crippen LogP contribution in [0.4, 0.5) is 0 Å². The van der Waals surface area contributed by atoms with E-state index in [0.29, 0.717) is 25.2 Å². The van der Waals surface area contributed by atoms with E-state index in [1.54, 1.807) is 12.1 Å². The average molecular weight is 286 g/mol. The van der Waals surface area contributed by atoms with Gasteiger partial charge in [-0.05, 0) is 30.7 Å². The van der Waals surface area contributed by atoms with Crippen molar-refractivity contribution < 1.29 is 9.59 Å². The largest absolute Gasteiger partial charge is 0.352 e. The standard InChI is InChI=1S/C13H19N3O2.ClH/c1-10(17)16-9-11-3-5-12(6-4-11)13(18)15-8-2-7-14;/h3-6H,2,7-9,14H2,1H3,(H,15,18)(H,16,17);1H. The summed E-state index contributed by atoms with van der Waals surface area (Å²) in [5.74, 6) is -0.173. The molecule has 0 spiro atoms. The Morgan fingerprint density at radius 3 is 2.32 bits per heavy atom. The predicted octanol–water partition coefficient (Wildman–Crippen LogP) is 0.823. The molecule has 1 rings (SSSR count). The van der Waals surface area contributed by atoms with Gasteiger partial charge < -0.3 is 16.4 Å². The van der Waals surface area contributed by atoms with Crippen LogP contribution in [0.5, 0.6) is 0 Å². The molecule has 0 heterocycles. The summed E-state index contributed by atoms with van der Waals surface area (Å²) < 4.78 is 0. The predicted molar refractivity (Wildman–Crippen MR) is 77.2 cm³/mol. The Labute approximate surface area is 119 Å². The second-order valence-corrected chi connectivity index (χ2v) is 4.00. The van der Waals surface area contributed by atoms with E-state index >= 15 is 0 Å². The Kier molecular flexibility index (Phi) is 8.57. The summed E-state index contributed by atoms with van der Waals surface area (Å²) in [6.45, 7) is 3.10. The summed E-state index contributed by atoms with van der Waals surface area (Å²) >= 11 is 0. The Morgan fingerprint density at radius 2 is 1.79 bits per heavy atom. The summed E-state index contributed by atoms with van der Waals surface area (Å²) in [7, 11) is 0. The van der Waals surface area contributed by atoms with Crippen LogP contribution >= 0.6 is 12.4 Å². The van der Waals surface area contributed by atoms with E-state index in [-0.39, 0.29) is 24.2 Å². The second-order valence-electron chi connectivity index (χ2n) is 4.00. The van der Waals surface area contributed by atoms with Crippen molar-refractivity contribution in [1.82, 2.24) is 10.6 Å². The second kappa shape index (κ2) is 9.35. The van der Waals surface area contributed by atoms with Crippen molar-refractivity contribution in [3.63, 3.8) is 0 Å². The molecule has 19 heavy (non-hydrogen) atoms. The summed E-state index contributed by atoms with van der Waals surface area (Å²) in [5.41, 5.74) is 6.92. The normalized spacial score (nSPS) is 9.37. The lowest BCUT2D eigenvalue weighted by atomic mass is 10.1. The van der Waals surface area contributed by atoms with Crippen LogP contribution in [-0.2, 0) is 11.3 Å². The first-order chi connectivity index (χ1) is 8.63. The van der Waals surface area contributed by atoms with Crippen LogP contribution in [0.25, 0.3) is 0 Å². The van der Waals surface area contributed by atoms with Crippen molar-refractivity contribution in [3.8, 4) is 0 Å². The first-order valence-electron chi connectivity index (χ1n) is 5.95. The Hall–Kier alpha value is -1.59. The van der Waals surface area contributed by atoms with E-state index in [9.17, 15) is 9.59 Å². The number of carbonyl (C=O) groups is 2. The smallest absolute Gasteiger partial charge is 0.251 e. The third-order valence-corrected chi connectivity index (χ3v) is 2.42. The molecule has 0 aromatic heterocycles. The third kappa shape index (κ3) is 6.79. The number of hydrogen-bond acceptors (Lipinski definition) is 3. The van der Waals surface area contributed by atoms with Gasteiger partial charge >= 0.3 is 0 Å². The van der Waals surface area contributed by atoms with Gasteiger partial charge in [0.2, 0.25) is 5.91 Å². The molecule has 0 radical (unpaired) electrons. The molecule has 106 valence electrons. The lowest BCUT2D eigenvalue weighted by Crippen LogP contribution is -2.26. The molecule has 0 aliphatic carbocycles. The summed E-state index contributed by atoms with van der Waals surface area (Å²) in [5, 5.41) is 5.48. The molecule has 2 amide bonds. The van der Waals surface area contributed by atoms with E-state index < -0.39 is 0 Å². The molecule has 0 atom stereocenters. The van der Waals surface area contributed by atoms with Gasteiger partial charge in [0.1, 0.15) is 0 Å². The number of rotatable bonds is 6. The number of halogens is 1. The van der Waals surface area contributed by atoms with Gasteiger partial charge in [0.15, 0.2) is 0 Å².